The molecular weight excluding hydrogens is 390 g/mol. The summed E-state index contributed by atoms with van der Waals surface area (Å²) >= 11 is 0. The molecule has 0 N–H and O–H groups in total. The molecule has 30 heavy (non-hydrogen) atoms. The zero-order valence-electron chi connectivity index (χ0n) is 15.6. The highest BCUT2D eigenvalue weighted by atomic mass is 16.5. The second-order valence-electron chi connectivity index (χ2n) is 5.88. The van der Waals surface area contributed by atoms with Crippen molar-refractivity contribution >= 4 is 53.4 Å². The van der Waals surface area contributed by atoms with E-state index in [1.807, 2.05) is 25.1 Å². The van der Waals surface area contributed by atoms with Crippen LogP contribution in [-0.4, -0.2) is 60.0 Å². The first-order valence-electron chi connectivity index (χ1n) is 8.85. The first kappa shape index (κ1) is 19.0. The third kappa shape index (κ3) is 3.78. The maximum atomic E-state index is 11.8. The zero-order valence-corrected chi connectivity index (χ0v) is 15.6. The van der Waals surface area contributed by atoms with Gasteiger partial charge in [-0.2, -0.15) is 9.98 Å². The van der Waals surface area contributed by atoms with Crippen LogP contribution in [-0.2, 0) is 9.59 Å². The Labute approximate surface area is 169 Å². The van der Waals surface area contributed by atoms with Gasteiger partial charge in [0, 0.05) is 0 Å². The minimum absolute atomic E-state index is 0.0840. The zero-order chi connectivity index (χ0) is 20.9. The number of carbonyl (C=O) groups is 2. The summed E-state index contributed by atoms with van der Waals surface area (Å²) in [6.07, 6.45) is 3.36. The SMILES string of the molecule is CCCOc1ccccc1C1=NC(=O)C2=NN=NC2=N1.O=C1N=CN=C2N=CN=C12. The largest absolute Gasteiger partial charge is 0.493 e. The quantitative estimate of drug-likeness (QED) is 0.746. The number of hydrogen-bond donors (Lipinski definition) is 0. The molecule has 0 saturated heterocycles. The van der Waals surface area contributed by atoms with Gasteiger partial charge < -0.3 is 4.74 Å². The molecule has 0 spiro atoms. The fourth-order valence-electron chi connectivity index (χ4n) is 2.50. The van der Waals surface area contributed by atoms with E-state index in [0.29, 0.717) is 23.8 Å². The van der Waals surface area contributed by atoms with Crippen LogP contribution in [0, 0.1) is 0 Å². The fraction of sp³-hybridized carbons (Fsp3) is 0.167. The lowest BCUT2D eigenvalue weighted by atomic mass is 10.1. The van der Waals surface area contributed by atoms with Crippen LogP contribution in [0.4, 0.5) is 0 Å². The van der Waals surface area contributed by atoms with Gasteiger partial charge in [0.2, 0.25) is 11.5 Å². The summed E-state index contributed by atoms with van der Waals surface area (Å²) in [6, 6.07) is 7.31. The van der Waals surface area contributed by atoms with E-state index in [2.05, 4.69) is 45.4 Å². The molecule has 4 aliphatic rings. The van der Waals surface area contributed by atoms with Gasteiger partial charge in [0.1, 0.15) is 18.4 Å². The highest BCUT2D eigenvalue weighted by Crippen LogP contribution is 2.22. The Morgan fingerprint density at radius 1 is 0.867 bits per heavy atom. The number of fused-ring (bicyclic) bond motifs is 2. The predicted molar refractivity (Wildman–Crippen MR) is 110 cm³/mol. The van der Waals surface area contributed by atoms with Crippen LogP contribution in [0.2, 0.25) is 0 Å². The number of benzene rings is 1. The van der Waals surface area contributed by atoms with Crippen molar-refractivity contribution in [3.8, 4) is 5.75 Å². The average molecular weight is 403 g/mol. The monoisotopic (exact) mass is 403 g/mol. The number of aliphatic imine (C=N–C) groups is 6. The Morgan fingerprint density at radius 3 is 2.53 bits per heavy atom. The molecule has 1 aromatic rings. The molecule has 4 aliphatic heterocycles. The Hall–Kier alpha value is -4.35. The van der Waals surface area contributed by atoms with E-state index in [4.69, 9.17) is 4.74 Å². The van der Waals surface area contributed by atoms with E-state index in [1.54, 1.807) is 6.07 Å². The number of ether oxygens (including phenoxy) is 1. The lowest BCUT2D eigenvalue weighted by molar-refractivity contribution is -0.112. The molecule has 4 heterocycles. The molecule has 1 aromatic carbocycles. The summed E-state index contributed by atoms with van der Waals surface area (Å²) in [5.41, 5.74) is 0.978. The number of hydrogen-bond acceptors (Lipinski definition) is 10. The first-order chi connectivity index (χ1) is 14.7. The van der Waals surface area contributed by atoms with Gasteiger partial charge in [0.05, 0.1) is 12.2 Å². The fourth-order valence-corrected chi connectivity index (χ4v) is 2.50. The topological polar surface area (TPSA) is 155 Å². The lowest BCUT2D eigenvalue weighted by Gasteiger charge is -2.12. The van der Waals surface area contributed by atoms with Crippen molar-refractivity contribution in [2.45, 2.75) is 13.3 Å². The van der Waals surface area contributed by atoms with Gasteiger partial charge in [-0.1, -0.05) is 19.1 Å². The van der Waals surface area contributed by atoms with Crippen molar-refractivity contribution in [3.05, 3.63) is 29.8 Å². The molecule has 0 saturated carbocycles. The maximum absolute atomic E-state index is 11.8. The van der Waals surface area contributed by atoms with E-state index in [1.165, 1.54) is 12.7 Å². The Balaban J connectivity index is 0.000000181. The minimum atomic E-state index is -0.486. The molecular formula is C18H13N9O3. The summed E-state index contributed by atoms with van der Waals surface area (Å²) in [5.74, 6) is 0.616. The van der Waals surface area contributed by atoms with Crippen molar-refractivity contribution in [2.24, 2.45) is 45.4 Å². The van der Waals surface area contributed by atoms with Crippen LogP contribution in [0.5, 0.6) is 5.75 Å². The summed E-state index contributed by atoms with van der Waals surface area (Å²) in [4.78, 5) is 45.3. The Kier molecular flexibility index (Phi) is 5.28. The normalized spacial score (nSPS) is 17.8. The third-order valence-corrected chi connectivity index (χ3v) is 3.84. The van der Waals surface area contributed by atoms with Crippen molar-refractivity contribution in [2.75, 3.05) is 6.61 Å². The van der Waals surface area contributed by atoms with Crippen molar-refractivity contribution < 1.29 is 14.3 Å². The standard InChI is InChI=1S/C13H11N5O2.C5H2N4O/c1-2-7-20-9-6-4-3-5-8(9)11-14-12-10(13(19)15-11)16-18-17-12;10-5-3-4(7-1-6-3)8-2-9-5/h3-6H,2,7H2,1H3;1-2H. The molecule has 148 valence electrons. The van der Waals surface area contributed by atoms with E-state index in [-0.39, 0.29) is 29.0 Å². The van der Waals surface area contributed by atoms with Gasteiger partial charge in [-0.3, -0.25) is 9.59 Å². The summed E-state index contributed by atoms with van der Waals surface area (Å²) < 4.78 is 5.64. The number of rotatable bonds is 4. The van der Waals surface area contributed by atoms with Gasteiger partial charge in [-0.25, -0.2) is 20.0 Å². The molecule has 0 aliphatic carbocycles. The molecule has 0 fully saturated rings. The van der Waals surface area contributed by atoms with Gasteiger partial charge in [-0.05, 0) is 23.8 Å². The molecule has 12 heteroatoms. The highest BCUT2D eigenvalue weighted by Gasteiger charge is 2.28. The molecule has 12 nitrogen and oxygen atoms in total. The molecule has 0 bridgehead atoms. The van der Waals surface area contributed by atoms with Crippen LogP contribution in [0.15, 0.2) is 69.7 Å². The van der Waals surface area contributed by atoms with Crippen LogP contribution >= 0.6 is 0 Å². The second-order valence-corrected chi connectivity index (χ2v) is 5.88. The summed E-state index contributed by atoms with van der Waals surface area (Å²) in [7, 11) is 0. The van der Waals surface area contributed by atoms with Crippen molar-refractivity contribution in [3.63, 3.8) is 0 Å². The van der Waals surface area contributed by atoms with E-state index < -0.39 is 5.91 Å². The van der Waals surface area contributed by atoms with Gasteiger partial charge in [-0.15, -0.1) is 10.2 Å². The van der Waals surface area contributed by atoms with Gasteiger partial charge in [0.25, 0.3) is 0 Å². The molecule has 2 amide bonds. The van der Waals surface area contributed by atoms with Crippen molar-refractivity contribution in [1.29, 1.82) is 0 Å². The average Bonchev–Trinajstić information content (AvgIpc) is 3.43. The van der Waals surface area contributed by atoms with Gasteiger partial charge >= 0.3 is 11.8 Å². The van der Waals surface area contributed by atoms with Crippen molar-refractivity contribution in [1.82, 2.24) is 0 Å². The first-order valence-corrected chi connectivity index (χ1v) is 8.85. The molecule has 0 atom stereocenters. The van der Waals surface area contributed by atoms with Crippen LogP contribution < -0.4 is 4.74 Å². The number of para-hydroxylation sites is 1. The number of carbonyl (C=O) groups excluding carboxylic acids is 2. The van der Waals surface area contributed by atoms with E-state index in [9.17, 15) is 9.59 Å². The third-order valence-electron chi connectivity index (χ3n) is 3.84. The van der Waals surface area contributed by atoms with E-state index >= 15 is 0 Å². The smallest absolute Gasteiger partial charge is 0.303 e. The molecule has 0 aromatic heterocycles. The van der Waals surface area contributed by atoms with Crippen LogP contribution in [0.3, 0.4) is 0 Å². The summed E-state index contributed by atoms with van der Waals surface area (Å²) in [5, 5.41) is 10.7. The Bertz CT molecular complexity index is 1160. The number of nitrogens with zero attached hydrogens (tertiary/aromatic N) is 9. The van der Waals surface area contributed by atoms with Gasteiger partial charge in [0.15, 0.2) is 17.4 Å². The lowest BCUT2D eigenvalue weighted by Crippen LogP contribution is -2.26. The number of amides is 2. The van der Waals surface area contributed by atoms with E-state index in [0.717, 1.165) is 6.42 Å². The second kappa shape index (κ2) is 8.34. The molecule has 5 rings (SSSR count). The summed E-state index contributed by atoms with van der Waals surface area (Å²) in [6.45, 7) is 2.60. The minimum Gasteiger partial charge on any atom is -0.493 e. The molecule has 0 unspecified atom stereocenters. The van der Waals surface area contributed by atoms with Crippen LogP contribution in [0.25, 0.3) is 0 Å². The Morgan fingerprint density at radius 2 is 1.70 bits per heavy atom. The van der Waals surface area contributed by atoms with Crippen LogP contribution in [0.1, 0.15) is 18.9 Å². The predicted octanol–water partition coefficient (Wildman–Crippen LogP) is 1.42. The maximum Gasteiger partial charge on any atom is 0.303 e. The highest BCUT2D eigenvalue weighted by molar-refractivity contribution is 6.71. The number of amidine groups is 3. The molecule has 0 radical (unpaired) electrons.